The Morgan fingerprint density at radius 3 is 2.67 bits per heavy atom. The third-order valence-corrected chi connectivity index (χ3v) is 2.58. The second-order valence-corrected chi connectivity index (χ2v) is 4.10. The Morgan fingerprint density at radius 2 is 2.06 bits per heavy atom. The van der Waals surface area contributed by atoms with E-state index in [1.165, 1.54) is 0 Å². The zero-order chi connectivity index (χ0) is 13.0. The van der Waals surface area contributed by atoms with Crippen LogP contribution in [-0.2, 0) is 7.05 Å². The molecule has 1 heterocycles. The third kappa shape index (κ3) is 2.59. The molecular formula is C14H16N2O2. The van der Waals surface area contributed by atoms with Crippen molar-refractivity contribution in [2.45, 2.75) is 13.3 Å². The van der Waals surface area contributed by atoms with Crippen molar-refractivity contribution >= 4 is 6.29 Å². The summed E-state index contributed by atoms with van der Waals surface area (Å²) in [5, 5.41) is 4.29. The number of benzene rings is 1. The van der Waals surface area contributed by atoms with E-state index in [0.29, 0.717) is 17.9 Å². The predicted molar refractivity (Wildman–Crippen MR) is 69.8 cm³/mol. The lowest BCUT2D eigenvalue weighted by molar-refractivity contribution is 0.112. The van der Waals surface area contributed by atoms with Crippen LogP contribution >= 0.6 is 0 Å². The highest BCUT2D eigenvalue weighted by Crippen LogP contribution is 2.23. The molecule has 94 valence electrons. The van der Waals surface area contributed by atoms with Crippen LogP contribution in [0.5, 0.6) is 5.75 Å². The van der Waals surface area contributed by atoms with E-state index >= 15 is 0 Å². The van der Waals surface area contributed by atoms with Crippen LogP contribution in [0.4, 0.5) is 0 Å². The number of nitrogens with zero attached hydrogens (tertiary/aromatic N) is 2. The number of carbonyl (C=O) groups is 1. The summed E-state index contributed by atoms with van der Waals surface area (Å²) in [7, 11) is 1.80. The number of aryl methyl sites for hydroxylation is 1. The van der Waals surface area contributed by atoms with E-state index in [0.717, 1.165) is 24.0 Å². The van der Waals surface area contributed by atoms with Crippen molar-refractivity contribution in [2.75, 3.05) is 6.61 Å². The topological polar surface area (TPSA) is 44.1 Å². The molecule has 0 atom stereocenters. The minimum absolute atomic E-state index is 0.597. The van der Waals surface area contributed by atoms with Gasteiger partial charge in [0.1, 0.15) is 11.4 Å². The minimum Gasteiger partial charge on any atom is -0.494 e. The molecule has 4 heteroatoms. The maximum Gasteiger partial charge on any atom is 0.153 e. The normalized spacial score (nSPS) is 10.3. The van der Waals surface area contributed by atoms with E-state index in [4.69, 9.17) is 4.74 Å². The minimum atomic E-state index is 0.597. The number of rotatable bonds is 5. The summed E-state index contributed by atoms with van der Waals surface area (Å²) in [4.78, 5) is 10.9. The molecule has 0 aliphatic rings. The molecular weight excluding hydrogens is 228 g/mol. The van der Waals surface area contributed by atoms with Crippen molar-refractivity contribution in [1.29, 1.82) is 0 Å². The molecule has 1 aromatic carbocycles. The van der Waals surface area contributed by atoms with Crippen LogP contribution in [0.15, 0.2) is 30.5 Å². The summed E-state index contributed by atoms with van der Waals surface area (Å²) >= 11 is 0. The molecule has 1 aromatic heterocycles. The van der Waals surface area contributed by atoms with Crippen molar-refractivity contribution in [2.24, 2.45) is 7.05 Å². The predicted octanol–water partition coefficient (Wildman–Crippen LogP) is 2.69. The van der Waals surface area contributed by atoms with Gasteiger partial charge in [-0.3, -0.25) is 9.48 Å². The summed E-state index contributed by atoms with van der Waals surface area (Å²) < 4.78 is 7.15. The molecule has 0 amide bonds. The monoisotopic (exact) mass is 244 g/mol. The number of carbonyl (C=O) groups excluding carboxylic acids is 1. The first-order valence-corrected chi connectivity index (χ1v) is 5.96. The Labute approximate surface area is 106 Å². The van der Waals surface area contributed by atoms with E-state index < -0.39 is 0 Å². The van der Waals surface area contributed by atoms with Gasteiger partial charge in [-0.1, -0.05) is 6.92 Å². The highest BCUT2D eigenvalue weighted by Gasteiger charge is 2.09. The molecule has 0 fully saturated rings. The van der Waals surface area contributed by atoms with Crippen molar-refractivity contribution in [1.82, 2.24) is 9.78 Å². The zero-order valence-electron chi connectivity index (χ0n) is 10.6. The Hall–Kier alpha value is -2.10. The van der Waals surface area contributed by atoms with Crippen molar-refractivity contribution in [3.8, 4) is 17.0 Å². The fourth-order valence-corrected chi connectivity index (χ4v) is 1.75. The Kier molecular flexibility index (Phi) is 3.77. The quantitative estimate of drug-likeness (QED) is 0.759. The van der Waals surface area contributed by atoms with Crippen LogP contribution in [0.2, 0.25) is 0 Å². The maximum atomic E-state index is 10.9. The van der Waals surface area contributed by atoms with Crippen LogP contribution in [0.3, 0.4) is 0 Å². The van der Waals surface area contributed by atoms with E-state index in [1.807, 2.05) is 24.3 Å². The lowest BCUT2D eigenvalue weighted by atomic mass is 10.1. The molecule has 0 N–H and O–H groups in total. The highest BCUT2D eigenvalue weighted by atomic mass is 16.5. The number of ether oxygens (including phenoxy) is 1. The number of hydrogen-bond donors (Lipinski definition) is 0. The van der Waals surface area contributed by atoms with Gasteiger partial charge in [-0.05, 0) is 30.7 Å². The average molecular weight is 244 g/mol. The molecule has 18 heavy (non-hydrogen) atoms. The fraction of sp³-hybridized carbons (Fsp3) is 0.286. The Balaban J connectivity index is 2.25. The van der Waals surface area contributed by atoms with Gasteiger partial charge in [0.2, 0.25) is 0 Å². The molecule has 4 nitrogen and oxygen atoms in total. The summed E-state index contributed by atoms with van der Waals surface area (Å²) in [5.41, 5.74) is 2.22. The zero-order valence-corrected chi connectivity index (χ0v) is 10.6. The van der Waals surface area contributed by atoms with Crippen molar-refractivity contribution < 1.29 is 9.53 Å². The number of aldehydes is 1. The van der Waals surface area contributed by atoms with Gasteiger partial charge in [-0.2, -0.15) is 5.10 Å². The van der Waals surface area contributed by atoms with Gasteiger partial charge in [0, 0.05) is 18.8 Å². The van der Waals surface area contributed by atoms with Gasteiger partial charge in [0.25, 0.3) is 0 Å². The molecule has 0 saturated carbocycles. The molecule has 0 radical (unpaired) electrons. The lowest BCUT2D eigenvalue weighted by Gasteiger charge is -2.05. The van der Waals surface area contributed by atoms with Gasteiger partial charge < -0.3 is 4.74 Å². The second kappa shape index (κ2) is 5.49. The van der Waals surface area contributed by atoms with Crippen LogP contribution in [0.1, 0.15) is 23.7 Å². The Bertz CT molecular complexity index is 529. The van der Waals surface area contributed by atoms with Gasteiger partial charge >= 0.3 is 0 Å². The smallest absolute Gasteiger partial charge is 0.153 e. The molecule has 0 aliphatic heterocycles. The first-order chi connectivity index (χ1) is 8.74. The van der Waals surface area contributed by atoms with Crippen LogP contribution in [0, 0.1) is 0 Å². The highest BCUT2D eigenvalue weighted by molar-refractivity contribution is 5.85. The summed E-state index contributed by atoms with van der Waals surface area (Å²) in [6, 6.07) is 7.63. The van der Waals surface area contributed by atoms with Crippen LogP contribution < -0.4 is 4.74 Å². The largest absolute Gasteiger partial charge is 0.494 e. The standard InChI is InChI=1S/C14H16N2O2/c1-3-8-18-13-6-4-11(5-7-13)14-12(10-17)9-16(2)15-14/h4-7,9-10H,3,8H2,1-2H3. The SMILES string of the molecule is CCCOc1ccc(-c2nn(C)cc2C=O)cc1. The summed E-state index contributed by atoms with van der Waals surface area (Å²) in [5.74, 6) is 0.837. The molecule has 0 unspecified atom stereocenters. The van der Waals surface area contributed by atoms with Crippen molar-refractivity contribution in [3.63, 3.8) is 0 Å². The van der Waals surface area contributed by atoms with Crippen LogP contribution in [-0.4, -0.2) is 22.7 Å². The molecule has 0 bridgehead atoms. The Morgan fingerprint density at radius 1 is 1.33 bits per heavy atom. The molecule has 2 rings (SSSR count). The van der Waals surface area contributed by atoms with E-state index in [1.54, 1.807) is 17.9 Å². The van der Waals surface area contributed by atoms with E-state index in [9.17, 15) is 4.79 Å². The van der Waals surface area contributed by atoms with E-state index in [2.05, 4.69) is 12.0 Å². The average Bonchev–Trinajstić information content (AvgIpc) is 2.78. The van der Waals surface area contributed by atoms with Gasteiger partial charge in [-0.15, -0.1) is 0 Å². The molecule has 2 aromatic rings. The number of aromatic nitrogens is 2. The molecule has 0 saturated heterocycles. The molecule has 0 aliphatic carbocycles. The van der Waals surface area contributed by atoms with Crippen molar-refractivity contribution in [3.05, 3.63) is 36.0 Å². The number of hydrogen-bond acceptors (Lipinski definition) is 3. The second-order valence-electron chi connectivity index (χ2n) is 4.10. The van der Waals surface area contributed by atoms with Gasteiger partial charge in [-0.25, -0.2) is 0 Å². The van der Waals surface area contributed by atoms with Gasteiger partial charge in [0.15, 0.2) is 6.29 Å². The first kappa shape index (κ1) is 12.4. The van der Waals surface area contributed by atoms with E-state index in [-0.39, 0.29) is 0 Å². The lowest BCUT2D eigenvalue weighted by Crippen LogP contribution is -1.94. The first-order valence-electron chi connectivity index (χ1n) is 5.96. The summed E-state index contributed by atoms with van der Waals surface area (Å²) in [6.07, 6.45) is 3.52. The van der Waals surface area contributed by atoms with Gasteiger partial charge in [0.05, 0.1) is 12.2 Å². The van der Waals surface area contributed by atoms with Crippen LogP contribution in [0.25, 0.3) is 11.3 Å². The molecule has 0 spiro atoms. The third-order valence-electron chi connectivity index (χ3n) is 2.58. The fourth-order valence-electron chi connectivity index (χ4n) is 1.75. The maximum absolute atomic E-state index is 10.9. The summed E-state index contributed by atoms with van der Waals surface area (Å²) in [6.45, 7) is 2.78.